The Hall–Kier alpha value is -1.39. The van der Waals surface area contributed by atoms with Crippen LogP contribution < -0.4 is 0 Å². The topological polar surface area (TPSA) is 44.8 Å². The van der Waals surface area contributed by atoms with E-state index in [9.17, 15) is 4.79 Å². The molecule has 0 radical (unpaired) electrons. The second-order valence-electron chi connectivity index (χ2n) is 13.8. The lowest BCUT2D eigenvalue weighted by Crippen LogP contribution is -2.27. The molecule has 0 spiro atoms. The summed E-state index contributed by atoms with van der Waals surface area (Å²) in [4.78, 5) is 12.4. The van der Waals surface area contributed by atoms with Crippen molar-refractivity contribution < 1.29 is 19.0 Å². The highest BCUT2D eigenvalue weighted by atomic mass is 16.6. The van der Waals surface area contributed by atoms with Crippen LogP contribution in [0, 0.1) is 0 Å². The van der Waals surface area contributed by atoms with Gasteiger partial charge in [0, 0.05) is 13.0 Å². The second kappa shape index (κ2) is 34.9. The maximum Gasteiger partial charge on any atom is 0.305 e. The molecule has 1 aromatic rings. The molecule has 0 saturated carbocycles. The summed E-state index contributed by atoms with van der Waals surface area (Å²) in [6, 6.07) is 10.2. The van der Waals surface area contributed by atoms with Crippen LogP contribution >= 0.6 is 0 Å². The first-order valence-corrected chi connectivity index (χ1v) is 20.1. The molecule has 0 aromatic heterocycles. The fourth-order valence-electron chi connectivity index (χ4n) is 6.12. The highest BCUT2D eigenvalue weighted by molar-refractivity contribution is 5.69. The Balaban J connectivity index is 2.10. The standard InChI is InChI=1S/C42H76O4/c1-3-5-7-9-11-13-15-17-19-21-23-25-27-32-36-45-41(38-44-37-40-33-29-28-30-34-40)39-46-42(43)35-31-26-24-22-20-18-16-14-12-10-8-6-4-2/h28-30,33-34,41H,3-27,31-32,35-39H2,1-2H3. The zero-order valence-corrected chi connectivity index (χ0v) is 30.7. The molecule has 0 saturated heterocycles. The van der Waals surface area contributed by atoms with Gasteiger partial charge >= 0.3 is 5.97 Å². The van der Waals surface area contributed by atoms with Crippen molar-refractivity contribution in [2.45, 2.75) is 206 Å². The van der Waals surface area contributed by atoms with E-state index in [-0.39, 0.29) is 18.7 Å². The molecule has 0 aliphatic rings. The van der Waals surface area contributed by atoms with Gasteiger partial charge in [0.2, 0.25) is 0 Å². The van der Waals surface area contributed by atoms with Crippen molar-refractivity contribution >= 4 is 5.97 Å². The summed E-state index contributed by atoms with van der Waals surface area (Å²) < 4.78 is 17.8. The van der Waals surface area contributed by atoms with E-state index in [1.165, 1.54) is 154 Å². The van der Waals surface area contributed by atoms with Gasteiger partial charge in [0.25, 0.3) is 0 Å². The number of hydrogen-bond acceptors (Lipinski definition) is 4. The number of carbonyl (C=O) groups is 1. The van der Waals surface area contributed by atoms with Gasteiger partial charge in [-0.3, -0.25) is 4.79 Å². The molecule has 268 valence electrons. The molecule has 0 bridgehead atoms. The van der Waals surface area contributed by atoms with Crippen molar-refractivity contribution in [2.75, 3.05) is 19.8 Å². The van der Waals surface area contributed by atoms with Crippen LogP contribution in [0.25, 0.3) is 0 Å². The molecular formula is C42H76O4. The number of carbonyl (C=O) groups excluding carboxylic acids is 1. The lowest BCUT2D eigenvalue weighted by Gasteiger charge is -2.18. The molecule has 0 fully saturated rings. The zero-order valence-electron chi connectivity index (χ0n) is 30.7. The van der Waals surface area contributed by atoms with Crippen molar-refractivity contribution in [3.8, 4) is 0 Å². The summed E-state index contributed by atoms with van der Waals surface area (Å²) in [5, 5.41) is 0. The van der Waals surface area contributed by atoms with Crippen LogP contribution in [0.2, 0.25) is 0 Å². The number of hydrogen-bond donors (Lipinski definition) is 0. The van der Waals surface area contributed by atoms with Gasteiger partial charge in [-0.25, -0.2) is 0 Å². The summed E-state index contributed by atoms with van der Waals surface area (Å²) in [6.45, 7) is 6.54. The van der Waals surface area contributed by atoms with Crippen LogP contribution in [0.4, 0.5) is 0 Å². The molecule has 0 aliphatic carbocycles. The summed E-state index contributed by atoms with van der Waals surface area (Å²) >= 11 is 0. The van der Waals surface area contributed by atoms with Crippen molar-refractivity contribution in [3.63, 3.8) is 0 Å². The Labute approximate surface area is 286 Å². The smallest absolute Gasteiger partial charge is 0.305 e. The Morgan fingerprint density at radius 2 is 0.935 bits per heavy atom. The van der Waals surface area contributed by atoms with E-state index in [0.717, 1.165) is 24.8 Å². The minimum atomic E-state index is -0.207. The zero-order chi connectivity index (χ0) is 33.0. The Morgan fingerprint density at radius 1 is 0.522 bits per heavy atom. The van der Waals surface area contributed by atoms with Crippen LogP contribution in [0.3, 0.4) is 0 Å². The largest absolute Gasteiger partial charge is 0.463 e. The first-order valence-electron chi connectivity index (χ1n) is 20.1. The number of ether oxygens (including phenoxy) is 3. The first kappa shape index (κ1) is 42.6. The van der Waals surface area contributed by atoms with E-state index < -0.39 is 0 Å². The molecule has 1 aromatic carbocycles. The minimum Gasteiger partial charge on any atom is -0.463 e. The molecule has 0 aliphatic heterocycles. The van der Waals surface area contributed by atoms with Crippen LogP contribution in [-0.2, 0) is 25.6 Å². The maximum atomic E-state index is 12.4. The predicted octanol–water partition coefficient (Wildman–Crippen LogP) is 13.1. The van der Waals surface area contributed by atoms with Crippen molar-refractivity contribution in [3.05, 3.63) is 35.9 Å². The molecule has 0 amide bonds. The number of unbranched alkanes of at least 4 members (excludes halogenated alkanes) is 25. The molecule has 1 atom stereocenters. The average molecular weight is 645 g/mol. The van der Waals surface area contributed by atoms with Gasteiger partial charge in [-0.1, -0.05) is 205 Å². The number of rotatable bonds is 36. The molecule has 1 rings (SSSR count). The Morgan fingerprint density at radius 3 is 1.39 bits per heavy atom. The van der Waals surface area contributed by atoms with Crippen molar-refractivity contribution in [1.82, 2.24) is 0 Å². The molecule has 46 heavy (non-hydrogen) atoms. The minimum absolute atomic E-state index is 0.101. The lowest BCUT2D eigenvalue weighted by molar-refractivity contribution is -0.150. The SMILES string of the molecule is CCCCCCCCCCCCCCCCOC(COCc1ccccc1)COC(=O)CCCCCCCCCCCCCCC. The Kier molecular flexibility index (Phi) is 32.4. The van der Waals surface area contributed by atoms with E-state index in [2.05, 4.69) is 26.0 Å². The molecule has 4 heteroatoms. The molecule has 0 heterocycles. The molecular weight excluding hydrogens is 568 g/mol. The first-order chi connectivity index (χ1) is 22.8. The van der Waals surface area contributed by atoms with Gasteiger partial charge in [0.15, 0.2) is 0 Å². The van der Waals surface area contributed by atoms with Crippen molar-refractivity contribution in [2.24, 2.45) is 0 Å². The van der Waals surface area contributed by atoms with Crippen LogP contribution in [0.5, 0.6) is 0 Å². The van der Waals surface area contributed by atoms with Crippen LogP contribution in [0.15, 0.2) is 30.3 Å². The fourth-order valence-corrected chi connectivity index (χ4v) is 6.12. The summed E-state index contributed by atoms with van der Waals surface area (Å²) in [7, 11) is 0. The normalized spacial score (nSPS) is 12.0. The molecule has 1 unspecified atom stereocenters. The monoisotopic (exact) mass is 645 g/mol. The maximum absolute atomic E-state index is 12.4. The predicted molar refractivity (Wildman–Crippen MR) is 197 cm³/mol. The van der Waals surface area contributed by atoms with E-state index in [1.807, 2.05) is 18.2 Å². The second-order valence-corrected chi connectivity index (χ2v) is 13.8. The summed E-state index contributed by atoms with van der Waals surface area (Å²) in [6.07, 6.45) is 36.2. The third kappa shape index (κ3) is 30.0. The lowest BCUT2D eigenvalue weighted by atomic mass is 10.0. The highest BCUT2D eigenvalue weighted by Gasteiger charge is 2.13. The van der Waals surface area contributed by atoms with Gasteiger partial charge in [-0.05, 0) is 18.4 Å². The van der Waals surface area contributed by atoms with Gasteiger partial charge in [0.1, 0.15) is 12.7 Å². The average Bonchev–Trinajstić information content (AvgIpc) is 3.07. The van der Waals surface area contributed by atoms with E-state index in [0.29, 0.717) is 26.2 Å². The fraction of sp³-hybridized carbons (Fsp3) is 0.833. The molecule has 0 N–H and O–H groups in total. The number of esters is 1. The van der Waals surface area contributed by atoms with Gasteiger partial charge < -0.3 is 14.2 Å². The van der Waals surface area contributed by atoms with Gasteiger partial charge in [0.05, 0.1) is 13.2 Å². The van der Waals surface area contributed by atoms with E-state index in [4.69, 9.17) is 14.2 Å². The number of benzene rings is 1. The molecule has 4 nitrogen and oxygen atoms in total. The Bertz CT molecular complexity index is 736. The van der Waals surface area contributed by atoms with E-state index >= 15 is 0 Å². The summed E-state index contributed by atoms with van der Waals surface area (Å²) in [5.41, 5.74) is 1.15. The van der Waals surface area contributed by atoms with Gasteiger partial charge in [-0.15, -0.1) is 0 Å². The summed E-state index contributed by atoms with van der Waals surface area (Å²) in [5.74, 6) is -0.101. The van der Waals surface area contributed by atoms with Gasteiger partial charge in [-0.2, -0.15) is 0 Å². The third-order valence-corrected chi connectivity index (χ3v) is 9.18. The van der Waals surface area contributed by atoms with Crippen molar-refractivity contribution in [1.29, 1.82) is 0 Å². The third-order valence-electron chi connectivity index (χ3n) is 9.18. The quantitative estimate of drug-likeness (QED) is 0.0538. The van der Waals surface area contributed by atoms with E-state index in [1.54, 1.807) is 0 Å². The van der Waals surface area contributed by atoms with Crippen LogP contribution in [-0.4, -0.2) is 31.9 Å². The highest BCUT2D eigenvalue weighted by Crippen LogP contribution is 2.15. The van der Waals surface area contributed by atoms with Crippen LogP contribution in [0.1, 0.15) is 199 Å².